The molecule has 0 saturated heterocycles. The first-order valence-electron chi connectivity index (χ1n) is 5.06. The molecule has 0 saturated carbocycles. The molecule has 0 aromatic carbocycles. The SMILES string of the molecule is CC(C)NC(=O)C(=O)NNC(=O)C(C)(C)C. The largest absolute Gasteiger partial charge is 0.346 e. The third kappa shape index (κ3) is 5.33. The summed E-state index contributed by atoms with van der Waals surface area (Å²) in [6.45, 7) is 8.56. The van der Waals surface area contributed by atoms with Crippen LogP contribution in [0.2, 0.25) is 0 Å². The summed E-state index contributed by atoms with van der Waals surface area (Å²) in [6.07, 6.45) is 0. The highest BCUT2D eigenvalue weighted by atomic mass is 16.2. The minimum atomic E-state index is -0.883. The van der Waals surface area contributed by atoms with E-state index in [4.69, 9.17) is 0 Å². The van der Waals surface area contributed by atoms with Crippen molar-refractivity contribution in [2.24, 2.45) is 5.41 Å². The highest BCUT2D eigenvalue weighted by molar-refractivity contribution is 6.35. The van der Waals surface area contributed by atoms with Crippen LogP contribution >= 0.6 is 0 Å². The lowest BCUT2D eigenvalue weighted by Crippen LogP contribution is -2.52. The van der Waals surface area contributed by atoms with Gasteiger partial charge in [0.25, 0.3) is 0 Å². The van der Waals surface area contributed by atoms with Crippen molar-refractivity contribution >= 4 is 17.7 Å². The zero-order chi connectivity index (χ0) is 12.9. The van der Waals surface area contributed by atoms with E-state index in [2.05, 4.69) is 10.7 Å². The summed E-state index contributed by atoms with van der Waals surface area (Å²) in [5, 5.41) is 2.40. The summed E-state index contributed by atoms with van der Waals surface area (Å²) in [4.78, 5) is 33.7. The van der Waals surface area contributed by atoms with Crippen molar-refractivity contribution in [3.63, 3.8) is 0 Å². The molecule has 92 valence electrons. The van der Waals surface area contributed by atoms with Crippen molar-refractivity contribution in [3.8, 4) is 0 Å². The van der Waals surface area contributed by atoms with Gasteiger partial charge in [0, 0.05) is 11.5 Å². The molecule has 0 aromatic heterocycles. The number of carbonyl (C=O) groups excluding carboxylic acids is 3. The highest BCUT2D eigenvalue weighted by Gasteiger charge is 2.22. The summed E-state index contributed by atoms with van der Waals surface area (Å²) < 4.78 is 0. The third-order valence-corrected chi connectivity index (χ3v) is 1.60. The van der Waals surface area contributed by atoms with Gasteiger partial charge in [0.1, 0.15) is 0 Å². The molecule has 6 nitrogen and oxygen atoms in total. The van der Waals surface area contributed by atoms with Crippen molar-refractivity contribution in [2.75, 3.05) is 0 Å². The second-order valence-electron chi connectivity index (χ2n) is 4.79. The van der Waals surface area contributed by atoms with Crippen LogP contribution in [0.15, 0.2) is 0 Å². The van der Waals surface area contributed by atoms with Crippen molar-refractivity contribution in [1.29, 1.82) is 0 Å². The van der Waals surface area contributed by atoms with Gasteiger partial charge in [-0.15, -0.1) is 0 Å². The Labute approximate surface area is 95.1 Å². The first-order valence-corrected chi connectivity index (χ1v) is 5.06. The van der Waals surface area contributed by atoms with Crippen LogP contribution in [0, 0.1) is 5.41 Å². The maximum Gasteiger partial charge on any atom is 0.327 e. The maximum atomic E-state index is 11.4. The van der Waals surface area contributed by atoms with Gasteiger partial charge in [-0.25, -0.2) is 0 Å². The van der Waals surface area contributed by atoms with Crippen LogP contribution in [0.4, 0.5) is 0 Å². The number of hydrogen-bond donors (Lipinski definition) is 3. The Hall–Kier alpha value is -1.59. The minimum absolute atomic E-state index is 0.128. The van der Waals surface area contributed by atoms with Crippen LogP contribution in [0.3, 0.4) is 0 Å². The van der Waals surface area contributed by atoms with E-state index in [0.717, 1.165) is 0 Å². The quantitative estimate of drug-likeness (QED) is 0.426. The van der Waals surface area contributed by atoms with Gasteiger partial charge in [-0.3, -0.25) is 25.2 Å². The molecule has 3 amide bonds. The molecule has 0 radical (unpaired) electrons. The van der Waals surface area contributed by atoms with E-state index in [1.807, 2.05) is 5.43 Å². The van der Waals surface area contributed by atoms with E-state index in [0.29, 0.717) is 0 Å². The van der Waals surface area contributed by atoms with Gasteiger partial charge in [-0.1, -0.05) is 20.8 Å². The van der Waals surface area contributed by atoms with Crippen LogP contribution in [0.5, 0.6) is 0 Å². The van der Waals surface area contributed by atoms with Crippen molar-refractivity contribution in [1.82, 2.24) is 16.2 Å². The van der Waals surface area contributed by atoms with Crippen molar-refractivity contribution in [2.45, 2.75) is 40.7 Å². The van der Waals surface area contributed by atoms with Crippen LogP contribution in [0.25, 0.3) is 0 Å². The number of nitrogens with one attached hydrogen (secondary N) is 3. The summed E-state index contributed by atoms with van der Waals surface area (Å²) >= 11 is 0. The van der Waals surface area contributed by atoms with Crippen molar-refractivity contribution < 1.29 is 14.4 Å². The summed E-state index contributed by atoms with van der Waals surface area (Å²) in [7, 11) is 0. The molecule has 0 spiro atoms. The molecule has 0 unspecified atom stereocenters. The first-order chi connectivity index (χ1) is 7.14. The normalized spacial score (nSPS) is 10.9. The maximum absolute atomic E-state index is 11.4. The molecular weight excluding hydrogens is 210 g/mol. The van der Waals surface area contributed by atoms with Gasteiger partial charge >= 0.3 is 11.8 Å². The van der Waals surface area contributed by atoms with Gasteiger partial charge < -0.3 is 5.32 Å². The lowest BCUT2D eigenvalue weighted by molar-refractivity contribution is -0.142. The molecular formula is C10H19N3O3. The molecule has 0 rings (SSSR count). The molecule has 0 heterocycles. The number of rotatable bonds is 1. The van der Waals surface area contributed by atoms with Gasteiger partial charge in [-0.2, -0.15) is 0 Å². The standard InChI is InChI=1S/C10H19N3O3/c1-6(2)11-7(14)8(15)12-13-9(16)10(3,4)5/h6H,1-5H3,(H,11,14)(H,12,15)(H,13,16). The van der Waals surface area contributed by atoms with Crippen LogP contribution in [-0.4, -0.2) is 23.8 Å². The van der Waals surface area contributed by atoms with Gasteiger partial charge in [0.2, 0.25) is 5.91 Å². The third-order valence-electron chi connectivity index (χ3n) is 1.60. The molecule has 6 heteroatoms. The Morgan fingerprint density at radius 3 is 1.81 bits per heavy atom. The Morgan fingerprint density at radius 1 is 0.938 bits per heavy atom. The van der Waals surface area contributed by atoms with E-state index in [9.17, 15) is 14.4 Å². The molecule has 0 aromatic rings. The van der Waals surface area contributed by atoms with E-state index < -0.39 is 17.2 Å². The fraction of sp³-hybridized carbons (Fsp3) is 0.700. The topological polar surface area (TPSA) is 87.3 Å². The van der Waals surface area contributed by atoms with Crippen LogP contribution in [-0.2, 0) is 14.4 Å². The minimum Gasteiger partial charge on any atom is -0.346 e. The average molecular weight is 229 g/mol. The fourth-order valence-corrected chi connectivity index (χ4v) is 0.686. The Morgan fingerprint density at radius 2 is 1.44 bits per heavy atom. The average Bonchev–Trinajstić information content (AvgIpc) is 2.10. The Balaban J connectivity index is 4.09. The number of hydrazine groups is 1. The van der Waals surface area contributed by atoms with Crippen LogP contribution < -0.4 is 16.2 Å². The molecule has 3 N–H and O–H groups in total. The van der Waals surface area contributed by atoms with Gasteiger partial charge in [-0.05, 0) is 13.8 Å². The van der Waals surface area contributed by atoms with E-state index in [-0.39, 0.29) is 11.9 Å². The lowest BCUT2D eigenvalue weighted by Gasteiger charge is -2.17. The highest BCUT2D eigenvalue weighted by Crippen LogP contribution is 2.11. The van der Waals surface area contributed by atoms with Crippen LogP contribution in [0.1, 0.15) is 34.6 Å². The number of carbonyl (C=O) groups is 3. The smallest absolute Gasteiger partial charge is 0.327 e. The molecule has 0 aliphatic carbocycles. The van der Waals surface area contributed by atoms with Crippen molar-refractivity contribution in [3.05, 3.63) is 0 Å². The molecule has 0 aliphatic rings. The van der Waals surface area contributed by atoms with E-state index >= 15 is 0 Å². The summed E-state index contributed by atoms with van der Waals surface area (Å²) in [6, 6.07) is -0.128. The fourth-order valence-electron chi connectivity index (χ4n) is 0.686. The lowest BCUT2D eigenvalue weighted by atomic mass is 9.96. The van der Waals surface area contributed by atoms with E-state index in [1.54, 1.807) is 34.6 Å². The van der Waals surface area contributed by atoms with Gasteiger partial charge in [0.15, 0.2) is 0 Å². The first kappa shape index (κ1) is 14.4. The summed E-state index contributed by atoms with van der Waals surface area (Å²) in [5.74, 6) is -2.02. The Kier molecular flexibility index (Phi) is 4.94. The molecule has 0 aliphatic heterocycles. The zero-order valence-corrected chi connectivity index (χ0v) is 10.3. The second kappa shape index (κ2) is 5.48. The predicted octanol–water partition coefficient (Wildman–Crippen LogP) is -0.295. The molecule has 0 bridgehead atoms. The monoisotopic (exact) mass is 229 g/mol. The number of hydrogen-bond acceptors (Lipinski definition) is 3. The predicted molar refractivity (Wildman–Crippen MR) is 59.0 cm³/mol. The number of amides is 3. The molecule has 0 atom stereocenters. The summed E-state index contributed by atoms with van der Waals surface area (Å²) in [5.41, 5.74) is 3.60. The van der Waals surface area contributed by atoms with Gasteiger partial charge in [0.05, 0.1) is 0 Å². The van der Waals surface area contributed by atoms with E-state index in [1.165, 1.54) is 0 Å². The zero-order valence-electron chi connectivity index (χ0n) is 10.3. The Bertz CT molecular complexity index is 292. The molecule has 16 heavy (non-hydrogen) atoms. The molecule has 0 fully saturated rings. The second-order valence-corrected chi connectivity index (χ2v) is 4.79.